The van der Waals surface area contributed by atoms with Crippen molar-refractivity contribution in [2.45, 2.75) is 38.6 Å². The molecule has 0 heterocycles. The highest BCUT2D eigenvalue weighted by atomic mass is 16.5. The number of esters is 1. The van der Waals surface area contributed by atoms with E-state index in [2.05, 4.69) is 17.0 Å². The molecule has 0 saturated heterocycles. The maximum Gasteiger partial charge on any atom is 0.328 e. The molecular weight excluding hydrogens is 270 g/mol. The summed E-state index contributed by atoms with van der Waals surface area (Å²) < 4.78 is 4.56. The van der Waals surface area contributed by atoms with Crippen LogP contribution < -0.4 is 5.32 Å². The normalized spacial score (nSPS) is 13.3. The van der Waals surface area contributed by atoms with Crippen LogP contribution >= 0.6 is 0 Å². The minimum absolute atomic E-state index is 0.0960. The fraction of sp³-hybridized carbons (Fsp3) is 0.500. The van der Waals surface area contributed by atoms with Crippen molar-refractivity contribution in [3.8, 4) is 0 Å². The van der Waals surface area contributed by atoms with Gasteiger partial charge in [0, 0.05) is 18.1 Å². The fourth-order valence-corrected chi connectivity index (χ4v) is 2.13. The molecule has 0 aliphatic carbocycles. The monoisotopic (exact) mass is 293 g/mol. The minimum atomic E-state index is -0.688. The molecule has 0 bridgehead atoms. The molecule has 0 aromatic heterocycles. The zero-order chi connectivity index (χ0) is 15.8. The number of carbonyl (C=O) groups is 2. The maximum atomic E-state index is 12.0. The van der Waals surface area contributed by atoms with Gasteiger partial charge in [-0.15, -0.1) is 0 Å². The van der Waals surface area contributed by atoms with Crippen LogP contribution in [0.1, 0.15) is 48.5 Å². The Bertz CT molecular complexity index is 470. The van der Waals surface area contributed by atoms with Crippen molar-refractivity contribution < 1.29 is 19.4 Å². The molecule has 1 amide bonds. The van der Waals surface area contributed by atoms with E-state index in [-0.39, 0.29) is 18.4 Å². The Morgan fingerprint density at radius 3 is 2.38 bits per heavy atom. The molecule has 0 fully saturated rings. The van der Waals surface area contributed by atoms with Gasteiger partial charge in [-0.1, -0.05) is 25.5 Å². The lowest BCUT2D eigenvalue weighted by atomic mass is 9.94. The summed E-state index contributed by atoms with van der Waals surface area (Å²) in [5, 5.41) is 11.9. The highest BCUT2D eigenvalue weighted by molar-refractivity contribution is 5.96. The van der Waals surface area contributed by atoms with Crippen LogP contribution in [-0.2, 0) is 9.53 Å². The average Bonchev–Trinajstić information content (AvgIpc) is 2.51. The number of hydrogen-bond donors (Lipinski definition) is 2. The third-order valence-corrected chi connectivity index (χ3v) is 3.40. The van der Waals surface area contributed by atoms with Crippen LogP contribution in [-0.4, -0.2) is 36.7 Å². The molecule has 2 atom stereocenters. The first-order valence-corrected chi connectivity index (χ1v) is 7.13. The lowest BCUT2D eigenvalue weighted by Gasteiger charge is -2.15. The summed E-state index contributed by atoms with van der Waals surface area (Å²) in [5.41, 5.74) is 1.49. The van der Waals surface area contributed by atoms with Gasteiger partial charge in [-0.05, 0) is 31.0 Å². The summed E-state index contributed by atoms with van der Waals surface area (Å²) in [5.74, 6) is -0.708. The van der Waals surface area contributed by atoms with Crippen molar-refractivity contribution >= 4 is 11.9 Å². The standard InChI is InChI=1S/C16H23NO4/c1-4-5-14(10-18)12-6-8-13(9-7-12)15(19)17-11(2)16(20)21-3/h6-9,11,14,18H,4-5,10H2,1-3H3,(H,17,19). The van der Waals surface area contributed by atoms with Crippen molar-refractivity contribution in [1.29, 1.82) is 0 Å². The molecule has 0 saturated carbocycles. The largest absolute Gasteiger partial charge is 0.467 e. The zero-order valence-corrected chi connectivity index (χ0v) is 12.8. The van der Waals surface area contributed by atoms with E-state index in [9.17, 15) is 14.7 Å². The van der Waals surface area contributed by atoms with Crippen molar-refractivity contribution in [2.75, 3.05) is 13.7 Å². The highest BCUT2D eigenvalue weighted by Crippen LogP contribution is 2.21. The highest BCUT2D eigenvalue weighted by Gasteiger charge is 2.17. The summed E-state index contributed by atoms with van der Waals surface area (Å²) in [6, 6.07) is 6.40. The molecule has 0 aliphatic heterocycles. The van der Waals surface area contributed by atoms with Crippen molar-refractivity contribution in [3.63, 3.8) is 0 Å². The van der Waals surface area contributed by atoms with Crippen molar-refractivity contribution in [3.05, 3.63) is 35.4 Å². The van der Waals surface area contributed by atoms with E-state index in [4.69, 9.17) is 0 Å². The number of rotatable bonds is 7. The van der Waals surface area contributed by atoms with Gasteiger partial charge in [0.2, 0.25) is 0 Å². The first kappa shape index (κ1) is 17.2. The first-order chi connectivity index (χ1) is 10.0. The lowest BCUT2D eigenvalue weighted by molar-refractivity contribution is -0.142. The topological polar surface area (TPSA) is 75.6 Å². The van der Waals surface area contributed by atoms with Crippen LogP contribution in [0.2, 0.25) is 0 Å². The maximum absolute atomic E-state index is 12.0. The van der Waals surface area contributed by atoms with Gasteiger partial charge >= 0.3 is 5.97 Å². The number of aliphatic hydroxyl groups excluding tert-OH is 1. The summed E-state index contributed by atoms with van der Waals surface area (Å²) in [6.07, 6.45) is 1.89. The second-order valence-corrected chi connectivity index (χ2v) is 5.01. The van der Waals surface area contributed by atoms with E-state index in [0.29, 0.717) is 5.56 Å². The van der Waals surface area contributed by atoms with E-state index in [1.165, 1.54) is 7.11 Å². The van der Waals surface area contributed by atoms with Gasteiger partial charge in [-0.25, -0.2) is 4.79 Å². The lowest BCUT2D eigenvalue weighted by Crippen LogP contribution is -2.39. The number of carbonyl (C=O) groups excluding carboxylic acids is 2. The fourth-order valence-electron chi connectivity index (χ4n) is 2.13. The van der Waals surface area contributed by atoms with Gasteiger partial charge in [0.05, 0.1) is 7.11 Å². The van der Waals surface area contributed by atoms with E-state index < -0.39 is 12.0 Å². The second kappa shape index (κ2) is 8.42. The van der Waals surface area contributed by atoms with Crippen molar-refractivity contribution in [2.24, 2.45) is 0 Å². The molecular formula is C16H23NO4. The predicted molar refractivity (Wildman–Crippen MR) is 80.1 cm³/mol. The molecule has 116 valence electrons. The van der Waals surface area contributed by atoms with Gasteiger partial charge in [0.1, 0.15) is 6.04 Å². The molecule has 2 N–H and O–H groups in total. The molecule has 0 spiro atoms. The summed E-state index contributed by atoms with van der Waals surface area (Å²) in [4.78, 5) is 23.3. The molecule has 2 unspecified atom stereocenters. The van der Waals surface area contributed by atoms with Crippen LogP contribution in [0, 0.1) is 0 Å². The molecule has 1 aromatic rings. The number of benzene rings is 1. The molecule has 5 nitrogen and oxygen atoms in total. The molecule has 0 aliphatic rings. The Morgan fingerprint density at radius 2 is 1.90 bits per heavy atom. The smallest absolute Gasteiger partial charge is 0.328 e. The quantitative estimate of drug-likeness (QED) is 0.752. The first-order valence-electron chi connectivity index (χ1n) is 7.13. The van der Waals surface area contributed by atoms with Crippen LogP contribution in [0.5, 0.6) is 0 Å². The minimum Gasteiger partial charge on any atom is -0.467 e. The van der Waals surface area contributed by atoms with E-state index in [0.717, 1.165) is 18.4 Å². The summed E-state index contributed by atoms with van der Waals surface area (Å²) >= 11 is 0. The number of aliphatic hydroxyl groups is 1. The number of amides is 1. The molecule has 0 radical (unpaired) electrons. The van der Waals surface area contributed by atoms with Gasteiger partial charge in [-0.2, -0.15) is 0 Å². The summed E-state index contributed by atoms with van der Waals surface area (Å²) in [6.45, 7) is 3.73. The van der Waals surface area contributed by atoms with E-state index in [1.54, 1.807) is 19.1 Å². The van der Waals surface area contributed by atoms with Crippen LogP contribution in [0.3, 0.4) is 0 Å². The van der Waals surface area contributed by atoms with Gasteiger partial charge in [-0.3, -0.25) is 4.79 Å². The van der Waals surface area contributed by atoms with Gasteiger partial charge in [0.25, 0.3) is 5.91 Å². The van der Waals surface area contributed by atoms with Crippen LogP contribution in [0.4, 0.5) is 0 Å². The zero-order valence-electron chi connectivity index (χ0n) is 12.8. The third kappa shape index (κ3) is 4.86. The molecule has 21 heavy (non-hydrogen) atoms. The molecule has 1 aromatic carbocycles. The third-order valence-electron chi connectivity index (χ3n) is 3.40. The number of nitrogens with one attached hydrogen (secondary N) is 1. The summed E-state index contributed by atoms with van der Waals surface area (Å²) in [7, 11) is 1.28. The van der Waals surface area contributed by atoms with Crippen LogP contribution in [0.15, 0.2) is 24.3 Å². The van der Waals surface area contributed by atoms with Gasteiger partial charge in [0.15, 0.2) is 0 Å². The molecule has 5 heteroatoms. The molecule has 1 rings (SSSR count). The van der Waals surface area contributed by atoms with E-state index in [1.807, 2.05) is 12.1 Å². The Morgan fingerprint density at radius 1 is 1.29 bits per heavy atom. The Kier molecular flexibility index (Phi) is 6.88. The van der Waals surface area contributed by atoms with Crippen LogP contribution in [0.25, 0.3) is 0 Å². The second-order valence-electron chi connectivity index (χ2n) is 5.01. The Hall–Kier alpha value is -1.88. The Labute approximate surface area is 125 Å². The number of hydrogen-bond acceptors (Lipinski definition) is 4. The average molecular weight is 293 g/mol. The van der Waals surface area contributed by atoms with Gasteiger partial charge < -0.3 is 15.2 Å². The van der Waals surface area contributed by atoms with E-state index >= 15 is 0 Å². The Balaban J connectivity index is 2.73. The van der Waals surface area contributed by atoms with Crippen molar-refractivity contribution in [1.82, 2.24) is 5.32 Å². The number of ether oxygens (including phenoxy) is 1. The predicted octanol–water partition coefficient (Wildman–Crippen LogP) is 1.85. The SMILES string of the molecule is CCCC(CO)c1ccc(C(=O)NC(C)C(=O)OC)cc1. The number of methoxy groups -OCH3 is 1.